The first-order valence-electron chi connectivity index (χ1n) is 5.73. The second-order valence-electron chi connectivity index (χ2n) is 4.27. The summed E-state index contributed by atoms with van der Waals surface area (Å²) in [4.78, 5) is 11.8. The van der Waals surface area contributed by atoms with Gasteiger partial charge in [-0.15, -0.1) is 0 Å². The van der Waals surface area contributed by atoms with Gasteiger partial charge in [0.15, 0.2) is 15.6 Å². The van der Waals surface area contributed by atoms with Crippen LogP contribution in [0.3, 0.4) is 0 Å². The van der Waals surface area contributed by atoms with E-state index in [0.29, 0.717) is 19.3 Å². The topological polar surface area (TPSA) is 71.4 Å². The molecule has 0 aromatic heterocycles. The van der Waals surface area contributed by atoms with E-state index in [4.69, 9.17) is 0 Å². The van der Waals surface area contributed by atoms with Gasteiger partial charge in [-0.1, -0.05) is 18.2 Å². The molecule has 0 bridgehead atoms. The Morgan fingerprint density at radius 1 is 1.11 bits per heavy atom. The van der Waals surface area contributed by atoms with Gasteiger partial charge in [0.1, 0.15) is 5.76 Å². The van der Waals surface area contributed by atoms with Gasteiger partial charge in [-0.3, -0.25) is 4.79 Å². The molecular weight excluding hydrogens is 252 g/mol. The summed E-state index contributed by atoms with van der Waals surface area (Å²) in [5.74, 6) is -0.759. The van der Waals surface area contributed by atoms with Crippen molar-refractivity contribution in [3.05, 3.63) is 41.7 Å². The number of aliphatic hydroxyl groups excluding tert-OH is 1. The van der Waals surface area contributed by atoms with E-state index in [0.717, 1.165) is 0 Å². The molecule has 0 radical (unpaired) electrons. The Kier molecular flexibility index (Phi) is 3.52. The Balaban J connectivity index is 2.32. The van der Waals surface area contributed by atoms with Crippen LogP contribution in [0.1, 0.15) is 19.3 Å². The molecule has 1 N–H and O–H groups in total. The van der Waals surface area contributed by atoms with Gasteiger partial charge in [0.05, 0.1) is 10.6 Å². The third-order valence-corrected chi connectivity index (χ3v) is 4.60. The highest BCUT2D eigenvalue weighted by molar-refractivity contribution is 7.91. The van der Waals surface area contributed by atoms with Crippen molar-refractivity contribution in [1.82, 2.24) is 0 Å². The SMILES string of the molecule is O=C1CCCC(O)=C1CS(=O)(=O)c1ccccc1. The zero-order valence-electron chi connectivity index (χ0n) is 9.80. The molecule has 0 amide bonds. The molecule has 0 unspecified atom stereocenters. The smallest absolute Gasteiger partial charge is 0.182 e. The van der Waals surface area contributed by atoms with Crippen LogP contribution in [-0.4, -0.2) is 25.1 Å². The van der Waals surface area contributed by atoms with Gasteiger partial charge in [0.2, 0.25) is 0 Å². The van der Waals surface area contributed by atoms with Crippen molar-refractivity contribution < 1.29 is 18.3 Å². The Bertz CT molecular complexity index is 585. The van der Waals surface area contributed by atoms with Gasteiger partial charge >= 0.3 is 0 Å². The Morgan fingerprint density at radius 2 is 1.78 bits per heavy atom. The summed E-state index contributed by atoms with van der Waals surface area (Å²) in [6, 6.07) is 7.95. The Labute approximate surface area is 106 Å². The highest BCUT2D eigenvalue weighted by Crippen LogP contribution is 2.23. The monoisotopic (exact) mass is 266 g/mol. The van der Waals surface area contributed by atoms with Crippen LogP contribution < -0.4 is 0 Å². The number of hydrogen-bond donors (Lipinski definition) is 1. The lowest BCUT2D eigenvalue weighted by molar-refractivity contribution is -0.116. The van der Waals surface area contributed by atoms with Crippen molar-refractivity contribution in [2.24, 2.45) is 0 Å². The molecular formula is C13H14O4S. The third kappa shape index (κ3) is 2.61. The van der Waals surface area contributed by atoms with Crippen molar-refractivity contribution in [2.75, 3.05) is 5.75 Å². The zero-order chi connectivity index (χ0) is 13.2. The van der Waals surface area contributed by atoms with Crippen LogP contribution in [0.2, 0.25) is 0 Å². The summed E-state index contributed by atoms with van der Waals surface area (Å²) in [6.07, 6.45) is 1.27. The molecule has 1 aromatic carbocycles. The van der Waals surface area contributed by atoms with E-state index in [1.165, 1.54) is 12.1 Å². The normalized spacial score (nSPS) is 17.0. The zero-order valence-corrected chi connectivity index (χ0v) is 10.6. The number of carbonyl (C=O) groups excluding carboxylic acids is 1. The van der Waals surface area contributed by atoms with Crippen molar-refractivity contribution in [3.8, 4) is 0 Å². The van der Waals surface area contributed by atoms with Gasteiger partial charge in [-0.2, -0.15) is 0 Å². The number of hydrogen-bond acceptors (Lipinski definition) is 4. The number of sulfone groups is 1. The minimum atomic E-state index is -3.56. The van der Waals surface area contributed by atoms with Gasteiger partial charge in [0.25, 0.3) is 0 Å². The number of rotatable bonds is 3. The van der Waals surface area contributed by atoms with E-state index in [9.17, 15) is 18.3 Å². The van der Waals surface area contributed by atoms with Gasteiger partial charge in [0, 0.05) is 18.4 Å². The van der Waals surface area contributed by atoms with E-state index in [1.807, 2.05) is 0 Å². The molecule has 0 aliphatic heterocycles. The first-order chi connectivity index (χ1) is 8.50. The molecule has 4 nitrogen and oxygen atoms in total. The molecule has 5 heteroatoms. The number of carbonyl (C=O) groups is 1. The fourth-order valence-corrected chi connectivity index (χ4v) is 3.39. The summed E-state index contributed by atoms with van der Waals surface area (Å²) < 4.78 is 24.2. The van der Waals surface area contributed by atoms with E-state index >= 15 is 0 Å². The molecule has 1 aromatic rings. The summed E-state index contributed by atoms with van der Waals surface area (Å²) in [5.41, 5.74) is 0.0464. The van der Waals surface area contributed by atoms with E-state index in [-0.39, 0.29) is 22.0 Å². The first kappa shape index (κ1) is 12.8. The number of Topliss-reactive ketones (excluding diaryl/α,β-unsaturated/α-hetero) is 1. The molecule has 0 saturated heterocycles. The molecule has 1 aliphatic rings. The maximum atomic E-state index is 12.1. The maximum absolute atomic E-state index is 12.1. The van der Waals surface area contributed by atoms with Crippen molar-refractivity contribution >= 4 is 15.6 Å². The van der Waals surface area contributed by atoms with E-state index in [1.54, 1.807) is 18.2 Å². The summed E-state index contributed by atoms with van der Waals surface area (Å²) in [5, 5.41) is 9.64. The standard InChI is InChI=1S/C13H14O4S/c14-12-7-4-8-13(15)11(12)9-18(16,17)10-5-2-1-3-6-10/h1-3,5-6,14H,4,7-9H2. The van der Waals surface area contributed by atoms with Gasteiger partial charge in [-0.05, 0) is 18.6 Å². The molecule has 0 spiro atoms. The van der Waals surface area contributed by atoms with Crippen LogP contribution in [0.4, 0.5) is 0 Å². The van der Waals surface area contributed by atoms with Crippen molar-refractivity contribution in [3.63, 3.8) is 0 Å². The summed E-state index contributed by atoms with van der Waals surface area (Å²) in [6.45, 7) is 0. The van der Waals surface area contributed by atoms with Crippen LogP contribution in [0.15, 0.2) is 46.6 Å². The highest BCUT2D eigenvalue weighted by Gasteiger charge is 2.26. The van der Waals surface area contributed by atoms with Crippen LogP contribution in [-0.2, 0) is 14.6 Å². The fraction of sp³-hybridized carbons (Fsp3) is 0.308. The number of ketones is 1. The van der Waals surface area contributed by atoms with Crippen LogP contribution in [0, 0.1) is 0 Å². The first-order valence-corrected chi connectivity index (χ1v) is 7.38. The minimum absolute atomic E-state index is 0.0464. The quantitative estimate of drug-likeness (QED) is 0.908. The largest absolute Gasteiger partial charge is 0.512 e. The van der Waals surface area contributed by atoms with Crippen molar-refractivity contribution in [2.45, 2.75) is 24.2 Å². The van der Waals surface area contributed by atoms with Crippen LogP contribution >= 0.6 is 0 Å². The molecule has 2 rings (SSSR count). The maximum Gasteiger partial charge on any atom is 0.182 e. The Morgan fingerprint density at radius 3 is 2.39 bits per heavy atom. The van der Waals surface area contributed by atoms with E-state index < -0.39 is 15.6 Å². The molecule has 96 valence electrons. The lowest BCUT2D eigenvalue weighted by Crippen LogP contribution is -2.20. The average molecular weight is 266 g/mol. The summed E-state index contributed by atoms with van der Waals surface area (Å²) >= 11 is 0. The predicted octanol–water partition coefficient (Wildman–Crippen LogP) is 2.03. The molecule has 18 heavy (non-hydrogen) atoms. The Hall–Kier alpha value is -1.62. The molecule has 1 aliphatic carbocycles. The van der Waals surface area contributed by atoms with Gasteiger partial charge < -0.3 is 5.11 Å². The molecule has 0 saturated carbocycles. The molecule has 0 heterocycles. The predicted molar refractivity (Wildman–Crippen MR) is 67.0 cm³/mol. The fourth-order valence-electron chi connectivity index (χ4n) is 1.94. The number of benzene rings is 1. The highest BCUT2D eigenvalue weighted by atomic mass is 32.2. The number of aliphatic hydroxyl groups is 1. The van der Waals surface area contributed by atoms with Gasteiger partial charge in [-0.25, -0.2) is 8.42 Å². The van der Waals surface area contributed by atoms with E-state index in [2.05, 4.69) is 0 Å². The lowest BCUT2D eigenvalue weighted by atomic mass is 9.98. The molecule has 0 fully saturated rings. The second kappa shape index (κ2) is 4.94. The molecule has 0 atom stereocenters. The number of allylic oxidation sites excluding steroid dienone is 1. The lowest BCUT2D eigenvalue weighted by Gasteiger charge is -2.15. The summed E-state index contributed by atoms with van der Waals surface area (Å²) in [7, 11) is -3.56. The van der Waals surface area contributed by atoms with Crippen LogP contribution in [0.25, 0.3) is 0 Å². The van der Waals surface area contributed by atoms with Crippen LogP contribution in [0.5, 0.6) is 0 Å². The van der Waals surface area contributed by atoms with Crippen molar-refractivity contribution in [1.29, 1.82) is 0 Å². The average Bonchev–Trinajstić information content (AvgIpc) is 2.35. The second-order valence-corrected chi connectivity index (χ2v) is 6.26. The third-order valence-electron chi connectivity index (χ3n) is 2.94. The minimum Gasteiger partial charge on any atom is -0.512 e.